The van der Waals surface area contributed by atoms with E-state index in [-0.39, 0.29) is 0 Å². The van der Waals surface area contributed by atoms with Crippen LogP contribution in [-0.2, 0) is 4.79 Å². The first-order valence-corrected chi connectivity index (χ1v) is 6.31. The third kappa shape index (κ3) is 2.71. The van der Waals surface area contributed by atoms with Crippen molar-refractivity contribution in [1.82, 2.24) is 0 Å². The quantitative estimate of drug-likeness (QED) is 0.564. The molecule has 0 amide bonds. The summed E-state index contributed by atoms with van der Waals surface area (Å²) < 4.78 is 0. The van der Waals surface area contributed by atoms with Gasteiger partial charge in [-0.15, -0.1) is 0 Å². The van der Waals surface area contributed by atoms with Crippen molar-refractivity contribution in [3.05, 3.63) is 29.8 Å². The normalized spacial score (nSPS) is 17.1. The molecule has 0 unspecified atom stereocenters. The average Bonchev–Trinajstić information content (AvgIpc) is 2.31. The average molecular weight is 219 g/mol. The van der Waals surface area contributed by atoms with Crippen LogP contribution in [0.5, 0.6) is 0 Å². The maximum Gasteiger partial charge on any atom is 0.240 e. The molecule has 0 radical (unpaired) electrons. The standard InChI is InChI=1S/C12H13NOS/c14-9-13-12-3-1-2-11(8-12)10-4-6-15-7-5-10/h1-3,8,10H,4-7H2. The summed E-state index contributed by atoms with van der Waals surface area (Å²) in [7, 11) is 0. The van der Waals surface area contributed by atoms with Crippen molar-refractivity contribution in [3.63, 3.8) is 0 Å². The third-order valence-corrected chi connectivity index (χ3v) is 3.79. The van der Waals surface area contributed by atoms with Crippen molar-refractivity contribution < 1.29 is 4.79 Å². The van der Waals surface area contributed by atoms with E-state index in [2.05, 4.69) is 11.1 Å². The van der Waals surface area contributed by atoms with Crippen LogP contribution in [0.15, 0.2) is 29.3 Å². The number of hydrogen-bond acceptors (Lipinski definition) is 3. The lowest BCUT2D eigenvalue weighted by atomic mass is 9.93. The summed E-state index contributed by atoms with van der Waals surface area (Å²) in [6, 6.07) is 7.94. The van der Waals surface area contributed by atoms with Crippen LogP contribution >= 0.6 is 11.8 Å². The predicted octanol–water partition coefficient (Wildman–Crippen LogP) is 3.26. The molecule has 2 rings (SSSR count). The number of nitrogens with zero attached hydrogens (tertiary/aromatic N) is 1. The zero-order valence-electron chi connectivity index (χ0n) is 8.48. The van der Waals surface area contributed by atoms with Crippen LogP contribution < -0.4 is 0 Å². The first-order valence-electron chi connectivity index (χ1n) is 5.16. The Morgan fingerprint density at radius 2 is 2.13 bits per heavy atom. The van der Waals surface area contributed by atoms with Crippen molar-refractivity contribution in [3.8, 4) is 0 Å². The summed E-state index contributed by atoms with van der Waals surface area (Å²) in [5.41, 5.74) is 2.03. The molecule has 1 aromatic carbocycles. The maximum atomic E-state index is 10.2. The molecular formula is C12H13NOS. The lowest BCUT2D eigenvalue weighted by molar-refractivity contribution is 0.565. The Morgan fingerprint density at radius 3 is 2.87 bits per heavy atom. The summed E-state index contributed by atoms with van der Waals surface area (Å²) in [4.78, 5) is 13.8. The van der Waals surface area contributed by atoms with Crippen LogP contribution in [0.3, 0.4) is 0 Å². The van der Waals surface area contributed by atoms with Gasteiger partial charge in [0, 0.05) is 0 Å². The topological polar surface area (TPSA) is 29.4 Å². The number of rotatable bonds is 2. The maximum absolute atomic E-state index is 10.2. The van der Waals surface area contributed by atoms with E-state index in [1.54, 1.807) is 6.08 Å². The number of hydrogen-bond donors (Lipinski definition) is 0. The Bertz CT molecular complexity index is 379. The molecule has 0 aromatic heterocycles. The summed E-state index contributed by atoms with van der Waals surface area (Å²) in [6.45, 7) is 0. The highest BCUT2D eigenvalue weighted by atomic mass is 32.2. The van der Waals surface area contributed by atoms with E-state index < -0.39 is 0 Å². The van der Waals surface area contributed by atoms with Crippen LogP contribution in [0.1, 0.15) is 24.3 Å². The van der Waals surface area contributed by atoms with E-state index in [1.807, 2.05) is 30.0 Å². The molecule has 1 aliphatic heterocycles. The first kappa shape index (κ1) is 10.5. The number of isocyanates is 1. The van der Waals surface area contributed by atoms with E-state index in [0.717, 1.165) is 5.69 Å². The fourth-order valence-corrected chi connectivity index (χ4v) is 3.04. The second-order valence-corrected chi connectivity index (χ2v) is 4.91. The van der Waals surface area contributed by atoms with Crippen molar-refractivity contribution in [1.29, 1.82) is 0 Å². The molecule has 0 aliphatic carbocycles. The first-order chi connectivity index (χ1) is 7.40. The van der Waals surface area contributed by atoms with E-state index in [0.29, 0.717) is 5.92 Å². The summed E-state index contributed by atoms with van der Waals surface area (Å²) in [5.74, 6) is 3.13. The Kier molecular flexibility index (Phi) is 3.59. The smallest absolute Gasteiger partial charge is 0.211 e. The van der Waals surface area contributed by atoms with Gasteiger partial charge in [-0.05, 0) is 48.0 Å². The largest absolute Gasteiger partial charge is 0.240 e. The molecular weight excluding hydrogens is 206 g/mol. The molecule has 1 fully saturated rings. The molecule has 0 atom stereocenters. The van der Waals surface area contributed by atoms with E-state index in [1.165, 1.54) is 29.9 Å². The van der Waals surface area contributed by atoms with Gasteiger partial charge < -0.3 is 0 Å². The lowest BCUT2D eigenvalue weighted by Crippen LogP contribution is -2.07. The molecule has 3 heteroatoms. The highest BCUT2D eigenvalue weighted by Gasteiger charge is 2.15. The second-order valence-electron chi connectivity index (χ2n) is 3.68. The van der Waals surface area contributed by atoms with E-state index in [4.69, 9.17) is 0 Å². The monoisotopic (exact) mass is 219 g/mol. The Labute approximate surface area is 93.8 Å². The fraction of sp³-hybridized carbons (Fsp3) is 0.417. The van der Waals surface area contributed by atoms with Gasteiger partial charge in [-0.2, -0.15) is 16.8 Å². The van der Waals surface area contributed by atoms with Gasteiger partial charge in [0.05, 0.1) is 5.69 Å². The second kappa shape index (κ2) is 5.15. The van der Waals surface area contributed by atoms with Crippen molar-refractivity contribution in [2.45, 2.75) is 18.8 Å². The fourth-order valence-electron chi connectivity index (χ4n) is 1.93. The van der Waals surface area contributed by atoms with Gasteiger partial charge in [0.1, 0.15) is 0 Å². The molecule has 0 spiro atoms. The zero-order chi connectivity index (χ0) is 10.5. The number of thioether (sulfide) groups is 1. The van der Waals surface area contributed by atoms with Crippen molar-refractivity contribution in [2.75, 3.05) is 11.5 Å². The molecule has 2 nitrogen and oxygen atoms in total. The van der Waals surface area contributed by atoms with Gasteiger partial charge in [-0.1, -0.05) is 12.1 Å². The van der Waals surface area contributed by atoms with Crippen LogP contribution in [0.2, 0.25) is 0 Å². The molecule has 0 bridgehead atoms. The predicted molar refractivity (Wildman–Crippen MR) is 63.5 cm³/mol. The minimum Gasteiger partial charge on any atom is -0.211 e. The molecule has 78 valence electrons. The zero-order valence-corrected chi connectivity index (χ0v) is 9.30. The minimum atomic E-state index is 0.646. The van der Waals surface area contributed by atoms with Gasteiger partial charge in [0.2, 0.25) is 6.08 Å². The number of carbonyl (C=O) groups excluding carboxylic acids is 1. The molecule has 1 saturated heterocycles. The molecule has 1 heterocycles. The van der Waals surface area contributed by atoms with E-state index in [9.17, 15) is 4.79 Å². The molecule has 0 saturated carbocycles. The lowest BCUT2D eigenvalue weighted by Gasteiger charge is -2.21. The molecule has 15 heavy (non-hydrogen) atoms. The van der Waals surface area contributed by atoms with Gasteiger partial charge in [-0.25, -0.2) is 4.79 Å². The summed E-state index contributed by atoms with van der Waals surface area (Å²) in [6.07, 6.45) is 4.06. The van der Waals surface area contributed by atoms with Gasteiger partial charge >= 0.3 is 0 Å². The molecule has 1 aromatic rings. The van der Waals surface area contributed by atoms with Crippen LogP contribution in [0.4, 0.5) is 5.69 Å². The molecule has 0 N–H and O–H groups in total. The van der Waals surface area contributed by atoms with Crippen LogP contribution in [0, 0.1) is 0 Å². The third-order valence-electron chi connectivity index (χ3n) is 2.74. The Hall–Kier alpha value is -1.05. The number of benzene rings is 1. The van der Waals surface area contributed by atoms with Crippen molar-refractivity contribution >= 4 is 23.5 Å². The summed E-state index contributed by atoms with van der Waals surface area (Å²) in [5, 5.41) is 0. The Balaban J connectivity index is 2.19. The van der Waals surface area contributed by atoms with Gasteiger partial charge in [0.15, 0.2) is 0 Å². The number of aliphatic imine (C=N–C) groups is 1. The molecule has 1 aliphatic rings. The minimum absolute atomic E-state index is 0.646. The van der Waals surface area contributed by atoms with Crippen molar-refractivity contribution in [2.24, 2.45) is 4.99 Å². The van der Waals surface area contributed by atoms with Gasteiger partial charge in [-0.3, -0.25) is 0 Å². The van der Waals surface area contributed by atoms with E-state index >= 15 is 0 Å². The van der Waals surface area contributed by atoms with Crippen LogP contribution in [-0.4, -0.2) is 17.6 Å². The Morgan fingerprint density at radius 1 is 1.33 bits per heavy atom. The highest BCUT2D eigenvalue weighted by molar-refractivity contribution is 7.99. The summed E-state index contributed by atoms with van der Waals surface area (Å²) >= 11 is 2.02. The van der Waals surface area contributed by atoms with Crippen LogP contribution in [0.25, 0.3) is 0 Å². The SMILES string of the molecule is O=C=Nc1cccc(C2CCSCC2)c1. The highest BCUT2D eigenvalue weighted by Crippen LogP contribution is 2.32. The van der Waals surface area contributed by atoms with Gasteiger partial charge in [0.25, 0.3) is 0 Å².